The Balaban J connectivity index is 3.53. The highest BCUT2D eigenvalue weighted by molar-refractivity contribution is 4.57. The van der Waals surface area contributed by atoms with Crippen molar-refractivity contribution >= 4 is 0 Å². The molecule has 0 N–H and O–H groups in total. The lowest BCUT2D eigenvalue weighted by molar-refractivity contribution is -0.0662. The van der Waals surface area contributed by atoms with Crippen molar-refractivity contribution < 1.29 is 23.7 Å². The highest BCUT2D eigenvalue weighted by Gasteiger charge is 2.10. The lowest BCUT2D eigenvalue weighted by Gasteiger charge is -2.18. The molecule has 5 heteroatoms. The van der Waals surface area contributed by atoms with E-state index in [1.54, 1.807) is 21.3 Å². The lowest BCUT2D eigenvalue weighted by atomic mass is 10.3. The average Bonchev–Trinajstić information content (AvgIpc) is 2.37. The van der Waals surface area contributed by atoms with Crippen molar-refractivity contribution in [2.75, 3.05) is 54.4 Å². The largest absolute Gasteiger partial charge is 0.382 e. The number of ether oxygens (including phenoxy) is 5. The first-order valence-electron chi connectivity index (χ1n) is 5.98. The second-order valence-corrected chi connectivity index (χ2v) is 3.73. The summed E-state index contributed by atoms with van der Waals surface area (Å²) in [6.07, 6.45) is 1.06. The molecular formula is C12H26O5. The predicted octanol–water partition coefficient (Wildman–Crippen LogP) is 1.11. The molecule has 5 nitrogen and oxygen atoms in total. The van der Waals surface area contributed by atoms with Crippen molar-refractivity contribution in [3.05, 3.63) is 0 Å². The minimum absolute atomic E-state index is 0.0405. The first kappa shape index (κ1) is 16.8. The van der Waals surface area contributed by atoms with Crippen LogP contribution in [0, 0.1) is 0 Å². The Labute approximate surface area is 104 Å². The van der Waals surface area contributed by atoms with Crippen molar-refractivity contribution in [3.63, 3.8) is 0 Å². The maximum absolute atomic E-state index is 5.53. The van der Waals surface area contributed by atoms with Crippen LogP contribution < -0.4 is 0 Å². The molecule has 0 aliphatic carbocycles. The highest BCUT2D eigenvalue weighted by Crippen LogP contribution is 1.99. The molecule has 0 aromatic heterocycles. The summed E-state index contributed by atoms with van der Waals surface area (Å²) < 4.78 is 26.3. The van der Waals surface area contributed by atoms with Crippen LogP contribution in [0.5, 0.6) is 0 Å². The molecule has 0 amide bonds. The lowest BCUT2D eigenvalue weighted by Crippen LogP contribution is -2.27. The fraction of sp³-hybridized carbons (Fsp3) is 1.00. The van der Waals surface area contributed by atoms with Gasteiger partial charge in [0.05, 0.1) is 39.1 Å². The van der Waals surface area contributed by atoms with E-state index >= 15 is 0 Å². The smallest absolute Gasteiger partial charge is 0.104 e. The molecule has 0 aromatic rings. The SMILES string of the molecule is CCC(COCC(COCCOC)OC)OC. The quantitative estimate of drug-likeness (QED) is 0.485. The van der Waals surface area contributed by atoms with E-state index in [0.717, 1.165) is 6.42 Å². The van der Waals surface area contributed by atoms with Crippen LogP contribution in [0.1, 0.15) is 13.3 Å². The van der Waals surface area contributed by atoms with Gasteiger partial charge in [0.2, 0.25) is 0 Å². The van der Waals surface area contributed by atoms with Crippen LogP contribution in [0.25, 0.3) is 0 Å². The summed E-state index contributed by atoms with van der Waals surface area (Å²) >= 11 is 0. The summed E-state index contributed by atoms with van der Waals surface area (Å²) in [5, 5.41) is 0. The number of hydrogen-bond donors (Lipinski definition) is 0. The molecular weight excluding hydrogens is 224 g/mol. The van der Waals surface area contributed by atoms with Gasteiger partial charge in [0.15, 0.2) is 0 Å². The summed E-state index contributed by atoms with van der Waals surface area (Å²) in [4.78, 5) is 0. The summed E-state index contributed by atoms with van der Waals surface area (Å²) in [5.41, 5.74) is 0. The molecule has 0 spiro atoms. The molecule has 0 saturated carbocycles. The molecule has 0 aromatic carbocycles. The fourth-order valence-corrected chi connectivity index (χ4v) is 1.22. The molecule has 0 fully saturated rings. The first-order valence-corrected chi connectivity index (χ1v) is 5.98. The third-order valence-corrected chi connectivity index (χ3v) is 2.47. The number of hydrogen-bond acceptors (Lipinski definition) is 5. The molecule has 17 heavy (non-hydrogen) atoms. The van der Waals surface area contributed by atoms with Gasteiger partial charge in [-0.3, -0.25) is 0 Å². The van der Waals surface area contributed by atoms with Gasteiger partial charge in [-0.05, 0) is 6.42 Å². The van der Waals surface area contributed by atoms with Crippen molar-refractivity contribution in [1.82, 2.24) is 0 Å². The molecule has 0 bridgehead atoms. The summed E-state index contributed by atoms with van der Waals surface area (Å²) in [6.45, 7) is 4.86. The molecule has 104 valence electrons. The molecule has 2 unspecified atom stereocenters. The van der Waals surface area contributed by atoms with Crippen molar-refractivity contribution in [2.24, 2.45) is 0 Å². The second-order valence-electron chi connectivity index (χ2n) is 3.73. The van der Waals surface area contributed by atoms with Gasteiger partial charge in [-0.25, -0.2) is 0 Å². The van der Waals surface area contributed by atoms with Crippen LogP contribution in [-0.2, 0) is 23.7 Å². The van der Waals surface area contributed by atoms with E-state index in [9.17, 15) is 0 Å². The van der Waals surface area contributed by atoms with Gasteiger partial charge >= 0.3 is 0 Å². The third-order valence-electron chi connectivity index (χ3n) is 2.47. The van der Waals surface area contributed by atoms with Gasteiger partial charge in [-0.1, -0.05) is 6.92 Å². The summed E-state index contributed by atoms with van der Waals surface area (Å²) in [5.74, 6) is 0. The summed E-state index contributed by atoms with van der Waals surface area (Å²) in [7, 11) is 5.00. The van der Waals surface area contributed by atoms with Gasteiger partial charge < -0.3 is 23.7 Å². The van der Waals surface area contributed by atoms with Gasteiger partial charge in [0.1, 0.15) is 6.10 Å². The van der Waals surface area contributed by atoms with Crippen LogP contribution in [0.4, 0.5) is 0 Å². The van der Waals surface area contributed by atoms with Gasteiger partial charge in [0, 0.05) is 21.3 Å². The number of methoxy groups -OCH3 is 3. The van der Waals surface area contributed by atoms with E-state index in [0.29, 0.717) is 33.0 Å². The van der Waals surface area contributed by atoms with Crippen LogP contribution in [0.3, 0.4) is 0 Å². The van der Waals surface area contributed by atoms with E-state index in [4.69, 9.17) is 23.7 Å². The molecule has 2 atom stereocenters. The Kier molecular flexibility index (Phi) is 12.1. The van der Waals surface area contributed by atoms with Crippen molar-refractivity contribution in [3.8, 4) is 0 Å². The highest BCUT2D eigenvalue weighted by atomic mass is 16.6. The van der Waals surface area contributed by atoms with E-state index in [2.05, 4.69) is 6.92 Å². The van der Waals surface area contributed by atoms with Crippen LogP contribution >= 0.6 is 0 Å². The first-order chi connectivity index (χ1) is 8.28. The third kappa shape index (κ3) is 9.50. The van der Waals surface area contributed by atoms with Crippen molar-refractivity contribution in [1.29, 1.82) is 0 Å². The van der Waals surface area contributed by atoms with Gasteiger partial charge in [-0.15, -0.1) is 0 Å². The Morgan fingerprint density at radius 2 is 1.35 bits per heavy atom. The fourth-order valence-electron chi connectivity index (χ4n) is 1.22. The zero-order valence-corrected chi connectivity index (χ0v) is 11.4. The topological polar surface area (TPSA) is 46.2 Å². The van der Waals surface area contributed by atoms with Gasteiger partial charge in [-0.2, -0.15) is 0 Å². The Bertz CT molecular complexity index is 150. The Morgan fingerprint density at radius 3 is 1.88 bits per heavy atom. The minimum Gasteiger partial charge on any atom is -0.382 e. The molecule has 0 rings (SSSR count). The molecule has 0 heterocycles. The second kappa shape index (κ2) is 12.3. The van der Waals surface area contributed by atoms with Crippen LogP contribution in [0.2, 0.25) is 0 Å². The van der Waals surface area contributed by atoms with Crippen LogP contribution in [-0.4, -0.2) is 66.6 Å². The molecule has 0 aliphatic rings. The molecule has 0 radical (unpaired) electrons. The minimum atomic E-state index is -0.0405. The predicted molar refractivity (Wildman–Crippen MR) is 65.4 cm³/mol. The van der Waals surface area contributed by atoms with E-state index in [-0.39, 0.29) is 12.2 Å². The maximum atomic E-state index is 5.53. The van der Waals surface area contributed by atoms with Gasteiger partial charge in [0.25, 0.3) is 0 Å². The van der Waals surface area contributed by atoms with E-state index in [1.165, 1.54) is 0 Å². The normalized spacial score (nSPS) is 14.8. The van der Waals surface area contributed by atoms with E-state index in [1.807, 2.05) is 0 Å². The maximum Gasteiger partial charge on any atom is 0.104 e. The zero-order chi connectivity index (χ0) is 12.9. The Hall–Kier alpha value is -0.200. The Morgan fingerprint density at radius 1 is 0.765 bits per heavy atom. The number of rotatable bonds is 12. The monoisotopic (exact) mass is 250 g/mol. The van der Waals surface area contributed by atoms with E-state index < -0.39 is 0 Å². The van der Waals surface area contributed by atoms with Crippen molar-refractivity contribution in [2.45, 2.75) is 25.6 Å². The molecule has 0 aliphatic heterocycles. The average molecular weight is 250 g/mol. The standard InChI is InChI=1S/C12H26O5/c1-5-11(14-3)8-17-10-12(15-4)9-16-7-6-13-2/h11-12H,5-10H2,1-4H3. The zero-order valence-electron chi connectivity index (χ0n) is 11.4. The summed E-state index contributed by atoms with van der Waals surface area (Å²) in [6, 6.07) is 0. The molecule has 0 saturated heterocycles. The van der Waals surface area contributed by atoms with Crippen LogP contribution in [0.15, 0.2) is 0 Å².